The largest absolute Gasteiger partial charge is 0.497 e. The maximum Gasteiger partial charge on any atom is 0.126 e. The summed E-state index contributed by atoms with van der Waals surface area (Å²) in [5, 5.41) is 0. The van der Waals surface area contributed by atoms with E-state index >= 15 is 0 Å². The van der Waals surface area contributed by atoms with Crippen LogP contribution in [0, 0.1) is 0 Å². The molecule has 0 amide bonds. The number of hydrogen-bond donors (Lipinski definition) is 1. The highest BCUT2D eigenvalue weighted by molar-refractivity contribution is 9.10. The second-order valence-electron chi connectivity index (χ2n) is 4.91. The minimum atomic E-state index is -0.0399. The van der Waals surface area contributed by atoms with Gasteiger partial charge in [0.1, 0.15) is 17.6 Å². The van der Waals surface area contributed by atoms with Crippen LogP contribution in [0.2, 0.25) is 0 Å². The van der Waals surface area contributed by atoms with Crippen molar-refractivity contribution in [3.63, 3.8) is 0 Å². The topological polar surface area (TPSA) is 44.5 Å². The predicted octanol–water partition coefficient (Wildman–Crippen LogP) is 3.98. The molecule has 2 N–H and O–H groups in total. The highest BCUT2D eigenvalue weighted by Gasteiger charge is 2.27. The van der Waals surface area contributed by atoms with Crippen molar-refractivity contribution in [3.05, 3.63) is 58.1 Å². The van der Waals surface area contributed by atoms with Gasteiger partial charge in [0.05, 0.1) is 7.11 Å². The van der Waals surface area contributed by atoms with E-state index in [-0.39, 0.29) is 12.1 Å². The first-order chi connectivity index (χ1) is 9.67. The van der Waals surface area contributed by atoms with Crippen molar-refractivity contribution in [2.45, 2.75) is 18.6 Å². The minimum Gasteiger partial charge on any atom is -0.497 e. The van der Waals surface area contributed by atoms with Gasteiger partial charge in [-0.25, -0.2) is 0 Å². The SMILES string of the molecule is COc1cccc(C2CC(N)c3ccc(Br)cc3O2)c1. The summed E-state index contributed by atoms with van der Waals surface area (Å²) >= 11 is 3.47. The predicted molar refractivity (Wildman–Crippen MR) is 82.1 cm³/mol. The molecule has 0 aromatic heterocycles. The van der Waals surface area contributed by atoms with Gasteiger partial charge >= 0.3 is 0 Å². The molecule has 20 heavy (non-hydrogen) atoms. The van der Waals surface area contributed by atoms with Gasteiger partial charge in [-0.15, -0.1) is 0 Å². The summed E-state index contributed by atoms with van der Waals surface area (Å²) in [5.74, 6) is 1.69. The molecule has 0 radical (unpaired) electrons. The van der Waals surface area contributed by atoms with Gasteiger partial charge in [0.2, 0.25) is 0 Å². The molecule has 0 saturated heterocycles. The van der Waals surface area contributed by atoms with E-state index in [0.717, 1.165) is 33.5 Å². The lowest BCUT2D eigenvalue weighted by Gasteiger charge is -2.30. The Morgan fingerprint density at radius 1 is 1.25 bits per heavy atom. The Hall–Kier alpha value is -1.52. The van der Waals surface area contributed by atoms with Crippen molar-refractivity contribution in [2.75, 3.05) is 7.11 Å². The highest BCUT2D eigenvalue weighted by atomic mass is 79.9. The molecule has 0 aliphatic carbocycles. The summed E-state index contributed by atoms with van der Waals surface area (Å²) in [6.07, 6.45) is 0.726. The molecular formula is C16H16BrNO2. The fourth-order valence-corrected chi connectivity index (χ4v) is 2.86. The van der Waals surface area contributed by atoms with Crippen LogP contribution < -0.4 is 15.2 Å². The number of hydrogen-bond acceptors (Lipinski definition) is 3. The third-order valence-corrected chi connectivity index (χ3v) is 4.07. The van der Waals surface area contributed by atoms with E-state index in [9.17, 15) is 0 Å². The molecule has 3 nitrogen and oxygen atoms in total. The number of rotatable bonds is 2. The third-order valence-electron chi connectivity index (χ3n) is 3.58. The van der Waals surface area contributed by atoms with Gasteiger partial charge in [0.15, 0.2) is 0 Å². The summed E-state index contributed by atoms with van der Waals surface area (Å²) in [6, 6.07) is 13.9. The molecule has 2 aromatic carbocycles. The lowest BCUT2D eigenvalue weighted by molar-refractivity contribution is 0.161. The zero-order valence-electron chi connectivity index (χ0n) is 11.2. The second kappa shape index (κ2) is 5.46. The van der Waals surface area contributed by atoms with Crippen LogP contribution in [-0.4, -0.2) is 7.11 Å². The van der Waals surface area contributed by atoms with E-state index in [0.29, 0.717) is 0 Å². The smallest absolute Gasteiger partial charge is 0.126 e. The Kier molecular flexibility index (Phi) is 3.68. The van der Waals surface area contributed by atoms with E-state index in [1.807, 2.05) is 42.5 Å². The Bertz CT molecular complexity index is 630. The molecular weight excluding hydrogens is 318 g/mol. The van der Waals surface area contributed by atoms with Gasteiger partial charge in [-0.1, -0.05) is 34.1 Å². The van der Waals surface area contributed by atoms with Crippen LogP contribution in [-0.2, 0) is 0 Å². The van der Waals surface area contributed by atoms with Crippen LogP contribution in [0.5, 0.6) is 11.5 Å². The fourth-order valence-electron chi connectivity index (χ4n) is 2.52. The van der Waals surface area contributed by atoms with Gasteiger partial charge < -0.3 is 15.2 Å². The summed E-state index contributed by atoms with van der Waals surface area (Å²) in [4.78, 5) is 0. The molecule has 1 aliphatic rings. The van der Waals surface area contributed by atoms with Gasteiger partial charge in [-0.05, 0) is 29.8 Å². The number of methoxy groups -OCH3 is 1. The van der Waals surface area contributed by atoms with E-state index in [1.54, 1.807) is 7.11 Å². The van der Waals surface area contributed by atoms with Gasteiger partial charge in [-0.2, -0.15) is 0 Å². The molecule has 0 bridgehead atoms. The summed E-state index contributed by atoms with van der Waals surface area (Å²) in [7, 11) is 1.67. The second-order valence-corrected chi connectivity index (χ2v) is 5.82. The molecule has 0 fully saturated rings. The first-order valence-electron chi connectivity index (χ1n) is 6.53. The van der Waals surface area contributed by atoms with Crippen LogP contribution in [0.15, 0.2) is 46.9 Å². The van der Waals surface area contributed by atoms with Crippen molar-refractivity contribution in [1.82, 2.24) is 0 Å². The summed E-state index contributed by atoms with van der Waals surface area (Å²) in [5.41, 5.74) is 8.42. The van der Waals surface area contributed by atoms with Gasteiger partial charge in [-0.3, -0.25) is 0 Å². The van der Waals surface area contributed by atoms with Crippen molar-refractivity contribution in [1.29, 1.82) is 0 Å². The van der Waals surface area contributed by atoms with Crippen LogP contribution in [0.25, 0.3) is 0 Å². The van der Waals surface area contributed by atoms with E-state index < -0.39 is 0 Å². The van der Waals surface area contributed by atoms with Crippen LogP contribution >= 0.6 is 15.9 Å². The Morgan fingerprint density at radius 2 is 2.10 bits per heavy atom. The van der Waals surface area contributed by atoms with E-state index in [4.69, 9.17) is 15.2 Å². The molecule has 1 aliphatic heterocycles. The molecule has 0 spiro atoms. The quantitative estimate of drug-likeness (QED) is 0.903. The Morgan fingerprint density at radius 3 is 2.90 bits per heavy atom. The maximum absolute atomic E-state index is 6.27. The van der Waals surface area contributed by atoms with Gasteiger partial charge in [0, 0.05) is 22.5 Å². The van der Waals surface area contributed by atoms with Crippen molar-refractivity contribution in [3.8, 4) is 11.5 Å². The maximum atomic E-state index is 6.27. The van der Waals surface area contributed by atoms with Crippen LogP contribution in [0.3, 0.4) is 0 Å². The first kappa shape index (κ1) is 13.5. The number of halogens is 1. The zero-order valence-corrected chi connectivity index (χ0v) is 12.8. The summed E-state index contributed by atoms with van der Waals surface area (Å²) in [6.45, 7) is 0. The molecule has 1 heterocycles. The fraction of sp³-hybridized carbons (Fsp3) is 0.250. The van der Waals surface area contributed by atoms with Crippen molar-refractivity contribution < 1.29 is 9.47 Å². The minimum absolute atomic E-state index is 0.0111. The lowest BCUT2D eigenvalue weighted by Crippen LogP contribution is -2.24. The van der Waals surface area contributed by atoms with E-state index in [1.165, 1.54) is 0 Å². The molecule has 104 valence electrons. The summed E-state index contributed by atoms with van der Waals surface area (Å²) < 4.78 is 12.4. The van der Waals surface area contributed by atoms with Gasteiger partial charge in [0.25, 0.3) is 0 Å². The molecule has 3 rings (SSSR count). The van der Waals surface area contributed by atoms with E-state index in [2.05, 4.69) is 15.9 Å². The van der Waals surface area contributed by atoms with Crippen molar-refractivity contribution >= 4 is 15.9 Å². The van der Waals surface area contributed by atoms with Crippen LogP contribution in [0.4, 0.5) is 0 Å². The molecule has 2 unspecified atom stereocenters. The molecule has 2 atom stereocenters. The van der Waals surface area contributed by atoms with Crippen LogP contribution in [0.1, 0.15) is 29.7 Å². The number of fused-ring (bicyclic) bond motifs is 1. The Labute approximate surface area is 126 Å². The number of ether oxygens (including phenoxy) is 2. The normalized spacial score (nSPS) is 20.9. The zero-order chi connectivity index (χ0) is 14.1. The number of nitrogens with two attached hydrogens (primary N) is 1. The molecule has 0 saturated carbocycles. The van der Waals surface area contributed by atoms with Crippen molar-refractivity contribution in [2.24, 2.45) is 5.73 Å². The Balaban J connectivity index is 1.94. The molecule has 4 heteroatoms. The monoisotopic (exact) mass is 333 g/mol. The average Bonchev–Trinajstić information content (AvgIpc) is 2.46. The number of benzene rings is 2. The standard InChI is InChI=1S/C16H16BrNO2/c1-19-12-4-2-3-10(7-12)15-9-14(18)13-6-5-11(17)8-16(13)20-15/h2-8,14-15H,9,18H2,1H3. The first-order valence-corrected chi connectivity index (χ1v) is 7.32. The lowest BCUT2D eigenvalue weighted by atomic mass is 9.93. The molecule has 2 aromatic rings. The average molecular weight is 334 g/mol. The highest BCUT2D eigenvalue weighted by Crippen LogP contribution is 2.41. The third kappa shape index (κ3) is 2.53.